The minimum Gasteiger partial charge on any atom is -0.358 e. The smallest absolute Gasteiger partial charge is 0.358 e. The fraction of sp³-hybridized carbons (Fsp3) is 0.583. The Morgan fingerprint density at radius 1 is 1.40 bits per heavy atom. The van der Waals surface area contributed by atoms with Crippen LogP contribution in [0.25, 0.3) is 0 Å². The summed E-state index contributed by atoms with van der Waals surface area (Å²) in [6.07, 6.45) is -1.68. The van der Waals surface area contributed by atoms with Gasteiger partial charge in [0.15, 0.2) is 0 Å². The lowest BCUT2D eigenvalue weighted by atomic mass is 9.78. The number of nitrogens with one attached hydrogen (secondary N) is 2. The number of carbonyl (C=O) groups excluding carboxylic acids is 1. The third kappa shape index (κ3) is 3.06. The molecule has 1 amide bonds. The van der Waals surface area contributed by atoms with Crippen molar-refractivity contribution in [3.8, 4) is 0 Å². The number of nitrogens with zero attached hydrogens (tertiary/aromatic N) is 2. The third-order valence-corrected chi connectivity index (χ3v) is 3.50. The average molecular weight is 288 g/mol. The molecule has 0 spiro atoms. The summed E-state index contributed by atoms with van der Waals surface area (Å²) >= 11 is 0. The van der Waals surface area contributed by atoms with Gasteiger partial charge in [0.25, 0.3) is 0 Å². The van der Waals surface area contributed by atoms with E-state index >= 15 is 0 Å². The topological polar surface area (TPSA) is 66.9 Å². The number of alkyl halides is 3. The Bertz CT molecular complexity index is 472. The van der Waals surface area contributed by atoms with Gasteiger partial charge >= 0.3 is 6.18 Å². The van der Waals surface area contributed by atoms with Crippen molar-refractivity contribution in [1.82, 2.24) is 20.6 Å². The van der Waals surface area contributed by atoms with Crippen LogP contribution >= 0.6 is 0 Å². The quantitative estimate of drug-likeness (QED) is 0.807. The highest BCUT2D eigenvalue weighted by molar-refractivity contribution is 5.46. The number of halogens is 3. The Kier molecular flexibility index (Phi) is 4.22. The summed E-state index contributed by atoms with van der Waals surface area (Å²) in [4.78, 5) is 18.2. The minimum atomic E-state index is -4.50. The summed E-state index contributed by atoms with van der Waals surface area (Å²) in [5.74, 6) is 0.142. The molecule has 2 N–H and O–H groups in total. The number of carbonyl (C=O) groups is 1. The molecule has 0 saturated carbocycles. The van der Waals surface area contributed by atoms with E-state index in [1.54, 1.807) is 0 Å². The lowest BCUT2D eigenvalue weighted by Gasteiger charge is -2.36. The Morgan fingerprint density at radius 3 is 2.70 bits per heavy atom. The second-order valence-corrected chi connectivity index (χ2v) is 4.79. The molecule has 110 valence electrons. The predicted molar refractivity (Wildman–Crippen MR) is 64.9 cm³/mol. The Balaban J connectivity index is 2.35. The normalized spacial score (nSPS) is 18.6. The van der Waals surface area contributed by atoms with Gasteiger partial charge in [-0.25, -0.2) is 9.97 Å². The molecule has 1 aliphatic heterocycles. The summed E-state index contributed by atoms with van der Waals surface area (Å²) in [5, 5.41) is 5.68. The summed E-state index contributed by atoms with van der Waals surface area (Å²) < 4.78 is 38.2. The first-order chi connectivity index (χ1) is 9.48. The van der Waals surface area contributed by atoms with Crippen LogP contribution < -0.4 is 10.6 Å². The predicted octanol–water partition coefficient (Wildman–Crippen LogP) is 0.863. The van der Waals surface area contributed by atoms with E-state index in [2.05, 4.69) is 20.6 Å². The average Bonchev–Trinajstić information content (AvgIpc) is 2.45. The molecule has 0 bridgehead atoms. The molecule has 0 unspecified atom stereocenters. The summed E-state index contributed by atoms with van der Waals surface area (Å²) in [6, 6.07) is 0.853. The van der Waals surface area contributed by atoms with Crippen LogP contribution in [-0.2, 0) is 16.4 Å². The van der Waals surface area contributed by atoms with Crippen LogP contribution in [0.4, 0.5) is 13.2 Å². The fourth-order valence-corrected chi connectivity index (χ4v) is 2.39. The maximum Gasteiger partial charge on any atom is 0.433 e. The van der Waals surface area contributed by atoms with Crippen LogP contribution in [0.15, 0.2) is 12.3 Å². The lowest BCUT2D eigenvalue weighted by molar-refractivity contribution is -0.141. The van der Waals surface area contributed by atoms with Crippen LogP contribution in [0.1, 0.15) is 24.4 Å². The number of hydrogen-bond donors (Lipinski definition) is 2. The Morgan fingerprint density at radius 2 is 2.10 bits per heavy atom. The second kappa shape index (κ2) is 5.74. The Labute approximate surface area is 114 Å². The molecule has 2 heterocycles. The molecular weight excluding hydrogens is 273 g/mol. The molecule has 1 aromatic rings. The SMILES string of the molecule is O=CNCC1(c2nccc(C(F)(F)F)n2)CCNCC1. The highest BCUT2D eigenvalue weighted by Crippen LogP contribution is 2.33. The van der Waals surface area contributed by atoms with E-state index in [0.717, 1.165) is 12.3 Å². The first kappa shape index (κ1) is 14.7. The van der Waals surface area contributed by atoms with Gasteiger partial charge in [-0.1, -0.05) is 0 Å². The summed E-state index contributed by atoms with van der Waals surface area (Å²) in [7, 11) is 0. The van der Waals surface area contributed by atoms with Crippen LogP contribution in [-0.4, -0.2) is 36.0 Å². The van der Waals surface area contributed by atoms with Crippen LogP contribution in [0, 0.1) is 0 Å². The number of rotatable bonds is 4. The number of amides is 1. The van der Waals surface area contributed by atoms with Gasteiger partial charge in [-0.05, 0) is 32.0 Å². The standard InChI is InChI=1S/C12H15F3N4O/c13-12(14,15)9-1-4-18-10(19-9)11(7-17-8-20)2-5-16-6-3-11/h1,4,8,16H,2-3,5-7H2,(H,17,20). The van der Waals surface area contributed by atoms with Crippen LogP contribution in [0.2, 0.25) is 0 Å². The molecule has 5 nitrogen and oxygen atoms in total. The van der Waals surface area contributed by atoms with Gasteiger partial charge < -0.3 is 10.6 Å². The number of aromatic nitrogens is 2. The van der Waals surface area contributed by atoms with Gasteiger partial charge in [-0.3, -0.25) is 4.79 Å². The molecule has 0 aromatic carbocycles. The third-order valence-electron chi connectivity index (χ3n) is 3.50. The maximum absolute atomic E-state index is 12.7. The van der Waals surface area contributed by atoms with Crippen molar-refractivity contribution in [2.24, 2.45) is 0 Å². The zero-order chi connectivity index (χ0) is 14.6. The number of piperidine rings is 1. The molecule has 0 aliphatic carbocycles. The molecule has 1 aliphatic rings. The van der Waals surface area contributed by atoms with Crippen molar-refractivity contribution in [3.05, 3.63) is 23.8 Å². The molecule has 20 heavy (non-hydrogen) atoms. The van der Waals surface area contributed by atoms with E-state index < -0.39 is 17.3 Å². The second-order valence-electron chi connectivity index (χ2n) is 4.79. The van der Waals surface area contributed by atoms with Gasteiger partial charge in [0.05, 0.1) is 5.41 Å². The van der Waals surface area contributed by atoms with E-state index in [0.29, 0.717) is 32.3 Å². The van der Waals surface area contributed by atoms with Gasteiger partial charge in [0.2, 0.25) is 6.41 Å². The van der Waals surface area contributed by atoms with E-state index in [-0.39, 0.29) is 12.4 Å². The largest absolute Gasteiger partial charge is 0.433 e. The van der Waals surface area contributed by atoms with Crippen molar-refractivity contribution in [1.29, 1.82) is 0 Å². The van der Waals surface area contributed by atoms with Crippen LogP contribution in [0.3, 0.4) is 0 Å². The first-order valence-corrected chi connectivity index (χ1v) is 6.26. The van der Waals surface area contributed by atoms with E-state index in [9.17, 15) is 18.0 Å². The van der Waals surface area contributed by atoms with Crippen molar-refractivity contribution in [2.75, 3.05) is 19.6 Å². The fourth-order valence-electron chi connectivity index (χ4n) is 2.39. The summed E-state index contributed by atoms with van der Waals surface area (Å²) in [5.41, 5.74) is -1.60. The molecule has 1 saturated heterocycles. The zero-order valence-corrected chi connectivity index (χ0v) is 10.7. The zero-order valence-electron chi connectivity index (χ0n) is 10.7. The van der Waals surface area contributed by atoms with Gasteiger partial charge in [0.1, 0.15) is 11.5 Å². The molecule has 8 heteroatoms. The molecular formula is C12H15F3N4O. The van der Waals surface area contributed by atoms with Gasteiger partial charge in [0, 0.05) is 12.7 Å². The monoisotopic (exact) mass is 288 g/mol. The molecule has 1 aromatic heterocycles. The van der Waals surface area contributed by atoms with Crippen LogP contribution in [0.5, 0.6) is 0 Å². The van der Waals surface area contributed by atoms with Crippen molar-refractivity contribution >= 4 is 6.41 Å². The van der Waals surface area contributed by atoms with E-state index in [4.69, 9.17) is 0 Å². The van der Waals surface area contributed by atoms with E-state index in [1.165, 1.54) is 0 Å². The van der Waals surface area contributed by atoms with Gasteiger partial charge in [-0.15, -0.1) is 0 Å². The highest BCUT2D eigenvalue weighted by Gasteiger charge is 2.39. The first-order valence-electron chi connectivity index (χ1n) is 6.26. The van der Waals surface area contributed by atoms with Crippen molar-refractivity contribution in [2.45, 2.75) is 24.4 Å². The number of hydrogen-bond acceptors (Lipinski definition) is 4. The minimum absolute atomic E-state index is 0.142. The Hall–Kier alpha value is -1.70. The summed E-state index contributed by atoms with van der Waals surface area (Å²) in [6.45, 7) is 1.54. The highest BCUT2D eigenvalue weighted by atomic mass is 19.4. The van der Waals surface area contributed by atoms with Crippen molar-refractivity contribution in [3.63, 3.8) is 0 Å². The molecule has 0 radical (unpaired) electrons. The van der Waals surface area contributed by atoms with Gasteiger partial charge in [-0.2, -0.15) is 13.2 Å². The molecule has 1 fully saturated rings. The lowest BCUT2D eigenvalue weighted by Crippen LogP contribution is -2.47. The molecule has 0 atom stereocenters. The van der Waals surface area contributed by atoms with Crippen molar-refractivity contribution < 1.29 is 18.0 Å². The maximum atomic E-state index is 12.7. The molecule has 2 rings (SSSR count). The van der Waals surface area contributed by atoms with E-state index in [1.807, 2.05) is 0 Å².